The summed E-state index contributed by atoms with van der Waals surface area (Å²) in [7, 11) is 0. The van der Waals surface area contributed by atoms with Crippen molar-refractivity contribution in [2.75, 3.05) is 6.54 Å². The number of nitrogens with one attached hydrogen (secondary N) is 1. The Kier molecular flexibility index (Phi) is 3.26. The molecule has 1 aromatic rings. The lowest BCUT2D eigenvalue weighted by atomic mass is 10.1. The van der Waals surface area contributed by atoms with Crippen molar-refractivity contribution in [2.24, 2.45) is 0 Å². The first-order valence-electron chi connectivity index (χ1n) is 4.46. The van der Waals surface area contributed by atoms with Crippen LogP contribution in [0.3, 0.4) is 0 Å². The molecule has 0 aromatic heterocycles. The summed E-state index contributed by atoms with van der Waals surface area (Å²) < 4.78 is 2.54. The van der Waals surface area contributed by atoms with Crippen LogP contribution in [0.5, 0.6) is 0 Å². The number of hydrogen-bond donors (Lipinski definition) is 1. The van der Waals surface area contributed by atoms with Gasteiger partial charge in [0, 0.05) is 14.1 Å². The van der Waals surface area contributed by atoms with E-state index in [0.29, 0.717) is 6.04 Å². The second-order valence-corrected chi connectivity index (χ2v) is 5.41. The average Bonchev–Trinajstić information content (AvgIpc) is 2.61. The van der Waals surface area contributed by atoms with E-state index in [-0.39, 0.29) is 0 Å². The van der Waals surface area contributed by atoms with Crippen LogP contribution in [0.1, 0.15) is 24.4 Å². The van der Waals surface area contributed by atoms with E-state index in [9.17, 15) is 0 Å². The van der Waals surface area contributed by atoms with E-state index >= 15 is 0 Å². The third-order valence-corrected chi connectivity index (χ3v) is 3.79. The Bertz CT molecular complexity index is 308. The number of halogens is 2. The summed E-state index contributed by atoms with van der Waals surface area (Å²) >= 11 is 5.96. The topological polar surface area (TPSA) is 12.0 Å². The summed E-state index contributed by atoms with van der Waals surface area (Å²) in [5.41, 5.74) is 1.41. The molecule has 0 radical (unpaired) electrons. The first kappa shape index (κ1) is 9.93. The number of rotatable bonds is 1. The van der Waals surface area contributed by atoms with Crippen LogP contribution in [-0.2, 0) is 0 Å². The minimum atomic E-state index is 0.559. The van der Waals surface area contributed by atoms with Gasteiger partial charge in [0.15, 0.2) is 0 Å². The van der Waals surface area contributed by atoms with Gasteiger partial charge in [-0.1, -0.05) is 15.9 Å². The summed E-state index contributed by atoms with van der Waals surface area (Å²) in [6.07, 6.45) is 2.56. The predicted molar refractivity (Wildman–Crippen MR) is 66.8 cm³/mol. The smallest absolute Gasteiger partial charge is 0.0332 e. The Hall–Kier alpha value is 0.390. The Morgan fingerprint density at radius 2 is 2.31 bits per heavy atom. The molecule has 1 aliphatic heterocycles. The third kappa shape index (κ3) is 2.25. The molecule has 1 N–H and O–H groups in total. The highest BCUT2D eigenvalue weighted by molar-refractivity contribution is 14.1. The molecule has 1 aliphatic rings. The summed E-state index contributed by atoms with van der Waals surface area (Å²) in [6.45, 7) is 1.16. The van der Waals surface area contributed by atoms with Crippen LogP contribution in [0.15, 0.2) is 22.7 Å². The average molecular weight is 352 g/mol. The lowest BCUT2D eigenvalue weighted by Gasteiger charge is -2.12. The minimum absolute atomic E-state index is 0.559. The molecule has 0 amide bonds. The van der Waals surface area contributed by atoms with Crippen LogP contribution in [0.25, 0.3) is 0 Å². The highest BCUT2D eigenvalue weighted by Gasteiger charge is 2.18. The van der Waals surface area contributed by atoms with E-state index < -0.39 is 0 Å². The maximum absolute atomic E-state index is 3.60. The maximum Gasteiger partial charge on any atom is 0.0332 e. The lowest BCUT2D eigenvalue weighted by molar-refractivity contribution is 0.644. The molecule has 2 rings (SSSR count). The minimum Gasteiger partial charge on any atom is -0.310 e. The van der Waals surface area contributed by atoms with Gasteiger partial charge < -0.3 is 5.32 Å². The monoisotopic (exact) mass is 351 g/mol. The Morgan fingerprint density at radius 1 is 1.46 bits per heavy atom. The van der Waals surface area contributed by atoms with E-state index in [1.54, 1.807) is 0 Å². The Labute approximate surface area is 101 Å². The molecule has 1 fully saturated rings. The molecule has 1 saturated heterocycles. The zero-order valence-electron chi connectivity index (χ0n) is 7.19. The Balaban J connectivity index is 2.32. The molecule has 0 bridgehead atoms. The van der Waals surface area contributed by atoms with Crippen LogP contribution in [0, 0.1) is 3.57 Å². The van der Waals surface area contributed by atoms with Gasteiger partial charge in [-0.05, 0) is 65.7 Å². The van der Waals surface area contributed by atoms with E-state index in [2.05, 4.69) is 62.0 Å². The van der Waals surface area contributed by atoms with Gasteiger partial charge in [-0.25, -0.2) is 0 Å². The molecule has 3 heteroatoms. The van der Waals surface area contributed by atoms with Gasteiger partial charge in [-0.3, -0.25) is 0 Å². The summed E-state index contributed by atoms with van der Waals surface area (Å²) in [4.78, 5) is 0. The predicted octanol–water partition coefficient (Wildman–Crippen LogP) is 3.48. The van der Waals surface area contributed by atoms with Gasteiger partial charge in [-0.2, -0.15) is 0 Å². The fourth-order valence-electron chi connectivity index (χ4n) is 1.73. The van der Waals surface area contributed by atoms with E-state index in [1.165, 1.54) is 26.4 Å². The Morgan fingerprint density at radius 3 is 3.00 bits per heavy atom. The maximum atomic E-state index is 3.60. The van der Waals surface area contributed by atoms with Crippen molar-refractivity contribution < 1.29 is 0 Å². The normalized spacial score (nSPS) is 22.2. The van der Waals surface area contributed by atoms with Crippen molar-refractivity contribution in [3.05, 3.63) is 31.8 Å². The molecule has 0 aliphatic carbocycles. The van der Waals surface area contributed by atoms with Gasteiger partial charge in [-0.15, -0.1) is 0 Å². The largest absolute Gasteiger partial charge is 0.310 e. The highest BCUT2D eigenvalue weighted by atomic mass is 127. The third-order valence-electron chi connectivity index (χ3n) is 2.39. The van der Waals surface area contributed by atoms with Crippen molar-refractivity contribution in [3.8, 4) is 0 Å². The molecular weight excluding hydrogens is 341 g/mol. The second-order valence-electron chi connectivity index (χ2n) is 3.31. The van der Waals surface area contributed by atoms with Crippen LogP contribution in [0.4, 0.5) is 0 Å². The molecule has 0 saturated carbocycles. The molecule has 1 atom stereocenters. The first-order chi connectivity index (χ1) is 6.27. The standard InChI is InChI=1S/C10H11BrIN/c11-9-4-3-7(12)6-8(9)10-2-1-5-13-10/h3-4,6,10,13H,1-2,5H2. The molecular formula is C10H11BrIN. The number of benzene rings is 1. The van der Waals surface area contributed by atoms with Crippen molar-refractivity contribution in [1.29, 1.82) is 0 Å². The van der Waals surface area contributed by atoms with Crippen molar-refractivity contribution in [2.45, 2.75) is 18.9 Å². The molecule has 13 heavy (non-hydrogen) atoms. The zero-order chi connectivity index (χ0) is 9.26. The summed E-state index contributed by atoms with van der Waals surface area (Å²) in [5.74, 6) is 0. The van der Waals surface area contributed by atoms with Gasteiger partial charge in [0.05, 0.1) is 0 Å². The first-order valence-corrected chi connectivity index (χ1v) is 6.33. The van der Waals surface area contributed by atoms with Crippen LogP contribution < -0.4 is 5.32 Å². The molecule has 0 spiro atoms. The zero-order valence-corrected chi connectivity index (χ0v) is 10.9. The fraction of sp³-hybridized carbons (Fsp3) is 0.400. The van der Waals surface area contributed by atoms with E-state index in [4.69, 9.17) is 0 Å². The van der Waals surface area contributed by atoms with Crippen LogP contribution >= 0.6 is 38.5 Å². The van der Waals surface area contributed by atoms with E-state index in [1.807, 2.05) is 0 Å². The molecule has 1 heterocycles. The van der Waals surface area contributed by atoms with Gasteiger partial charge >= 0.3 is 0 Å². The lowest BCUT2D eigenvalue weighted by Crippen LogP contribution is -2.13. The van der Waals surface area contributed by atoms with Crippen molar-refractivity contribution >= 4 is 38.5 Å². The van der Waals surface area contributed by atoms with Gasteiger partial charge in [0.25, 0.3) is 0 Å². The van der Waals surface area contributed by atoms with Crippen LogP contribution in [-0.4, -0.2) is 6.54 Å². The van der Waals surface area contributed by atoms with Crippen LogP contribution in [0.2, 0.25) is 0 Å². The molecule has 1 unspecified atom stereocenters. The van der Waals surface area contributed by atoms with E-state index in [0.717, 1.165) is 6.54 Å². The van der Waals surface area contributed by atoms with Crippen molar-refractivity contribution in [3.63, 3.8) is 0 Å². The van der Waals surface area contributed by atoms with Crippen molar-refractivity contribution in [1.82, 2.24) is 5.32 Å². The number of hydrogen-bond acceptors (Lipinski definition) is 1. The molecule has 70 valence electrons. The van der Waals surface area contributed by atoms with Gasteiger partial charge in [0.1, 0.15) is 0 Å². The second kappa shape index (κ2) is 4.28. The van der Waals surface area contributed by atoms with Gasteiger partial charge in [0.2, 0.25) is 0 Å². The summed E-state index contributed by atoms with van der Waals surface area (Å²) in [6, 6.07) is 7.08. The molecule has 1 nitrogen and oxygen atoms in total. The molecule has 1 aromatic carbocycles. The summed E-state index contributed by atoms with van der Waals surface area (Å²) in [5, 5.41) is 3.51. The SMILES string of the molecule is Brc1ccc(I)cc1C1CCCN1. The highest BCUT2D eigenvalue weighted by Crippen LogP contribution is 2.30. The quantitative estimate of drug-likeness (QED) is 0.764. The fourth-order valence-corrected chi connectivity index (χ4v) is 2.77.